The lowest BCUT2D eigenvalue weighted by Crippen LogP contribution is -2.09. The second kappa shape index (κ2) is 5.18. The first-order valence-corrected chi connectivity index (χ1v) is 6.99. The minimum atomic E-state index is -0.887. The number of benzene rings is 1. The maximum atomic E-state index is 12.2. The molecule has 0 saturated carbocycles. The number of anilines is 1. The lowest BCUT2D eigenvalue weighted by Gasteiger charge is -2.08. The van der Waals surface area contributed by atoms with Crippen LogP contribution in [0.5, 0.6) is 0 Å². The zero-order chi connectivity index (χ0) is 15.9. The average molecular weight is 296 g/mol. The molecule has 112 valence electrons. The first-order valence-electron chi connectivity index (χ1n) is 6.99. The number of carbonyl (C=O) groups is 2. The number of rotatable bonds is 3. The van der Waals surface area contributed by atoms with Gasteiger partial charge in [-0.25, -0.2) is 0 Å². The number of hydrogen-bond acceptors (Lipinski definition) is 2. The Labute approximate surface area is 127 Å². The molecule has 0 fully saturated rings. The maximum Gasteiger partial charge on any atom is 0.310 e. The number of carboxylic acids is 1. The van der Waals surface area contributed by atoms with Gasteiger partial charge >= 0.3 is 5.97 Å². The highest BCUT2D eigenvalue weighted by molar-refractivity contribution is 6.34. The average Bonchev–Trinajstić information content (AvgIpc) is 3.00. The summed E-state index contributed by atoms with van der Waals surface area (Å²) >= 11 is 0. The number of amides is 1. The molecule has 1 atom stereocenters. The van der Waals surface area contributed by atoms with Crippen molar-refractivity contribution in [2.75, 3.05) is 5.32 Å². The van der Waals surface area contributed by atoms with Crippen molar-refractivity contribution in [3.63, 3.8) is 0 Å². The molecule has 22 heavy (non-hydrogen) atoms. The molecule has 0 saturated heterocycles. The summed E-state index contributed by atoms with van der Waals surface area (Å²) in [7, 11) is 1.84. The third-order valence-corrected chi connectivity index (χ3v) is 3.98. The smallest absolute Gasteiger partial charge is 0.310 e. The molecule has 2 aromatic rings. The fraction of sp³-hybridized carbons (Fsp3) is 0.176. The molecule has 0 bridgehead atoms. The van der Waals surface area contributed by atoms with E-state index in [1.54, 1.807) is 25.3 Å². The van der Waals surface area contributed by atoms with E-state index < -0.39 is 11.9 Å². The van der Waals surface area contributed by atoms with E-state index in [-0.39, 0.29) is 5.91 Å². The number of aliphatic carboxylic acids is 1. The Bertz CT molecular complexity index is 802. The van der Waals surface area contributed by atoms with Crippen molar-refractivity contribution in [1.29, 1.82) is 0 Å². The van der Waals surface area contributed by atoms with Gasteiger partial charge in [0.1, 0.15) is 0 Å². The molecule has 1 aliphatic rings. The van der Waals surface area contributed by atoms with Gasteiger partial charge in [-0.1, -0.05) is 18.2 Å². The predicted octanol–water partition coefficient (Wildman–Crippen LogP) is 2.71. The van der Waals surface area contributed by atoms with Crippen LogP contribution in [0.1, 0.15) is 29.7 Å². The first kappa shape index (κ1) is 14.1. The number of aryl methyl sites for hydroxylation is 1. The van der Waals surface area contributed by atoms with Crippen LogP contribution >= 0.6 is 0 Å². The van der Waals surface area contributed by atoms with E-state index in [0.29, 0.717) is 11.1 Å². The summed E-state index contributed by atoms with van der Waals surface area (Å²) in [6.45, 7) is 1.64. The zero-order valence-electron chi connectivity index (χ0n) is 12.3. The fourth-order valence-corrected chi connectivity index (χ4v) is 2.66. The van der Waals surface area contributed by atoms with Gasteiger partial charge in [-0.3, -0.25) is 9.59 Å². The normalized spacial score (nSPS) is 16.5. The number of carboxylic acid groups (broad SMARTS) is 1. The topological polar surface area (TPSA) is 71.3 Å². The van der Waals surface area contributed by atoms with Crippen LogP contribution < -0.4 is 5.32 Å². The molecule has 3 rings (SSSR count). The third kappa shape index (κ3) is 2.20. The Kier molecular flexibility index (Phi) is 3.33. The second-order valence-electron chi connectivity index (χ2n) is 5.38. The van der Waals surface area contributed by atoms with Crippen LogP contribution in [-0.4, -0.2) is 21.6 Å². The van der Waals surface area contributed by atoms with Gasteiger partial charge in [0, 0.05) is 30.2 Å². The maximum absolute atomic E-state index is 12.2. The number of nitrogens with zero attached hydrogens (tertiary/aromatic N) is 1. The number of hydrogen-bond donors (Lipinski definition) is 2. The highest BCUT2D eigenvalue weighted by Gasteiger charge is 2.25. The fourth-order valence-electron chi connectivity index (χ4n) is 2.66. The van der Waals surface area contributed by atoms with Crippen molar-refractivity contribution in [2.24, 2.45) is 7.05 Å². The summed E-state index contributed by atoms with van der Waals surface area (Å²) in [6.07, 6.45) is 3.57. The van der Waals surface area contributed by atoms with E-state index in [9.17, 15) is 14.7 Å². The lowest BCUT2D eigenvalue weighted by atomic mass is 9.99. The molecule has 2 heterocycles. The molecule has 5 heteroatoms. The minimum Gasteiger partial charge on any atom is -0.481 e. The predicted molar refractivity (Wildman–Crippen MR) is 84.4 cm³/mol. The third-order valence-electron chi connectivity index (χ3n) is 3.98. The zero-order valence-corrected chi connectivity index (χ0v) is 12.3. The van der Waals surface area contributed by atoms with Gasteiger partial charge < -0.3 is 15.0 Å². The number of carbonyl (C=O) groups excluding carboxylic acids is 1. The van der Waals surface area contributed by atoms with Crippen LogP contribution in [0.3, 0.4) is 0 Å². The number of fused-ring (bicyclic) bond motifs is 1. The van der Waals surface area contributed by atoms with Gasteiger partial charge in [-0.15, -0.1) is 0 Å². The molecule has 0 spiro atoms. The van der Waals surface area contributed by atoms with Gasteiger partial charge in [-0.05, 0) is 30.7 Å². The van der Waals surface area contributed by atoms with Crippen LogP contribution in [-0.2, 0) is 16.6 Å². The van der Waals surface area contributed by atoms with Gasteiger partial charge in [0.25, 0.3) is 5.91 Å². The van der Waals surface area contributed by atoms with Crippen molar-refractivity contribution in [3.8, 4) is 0 Å². The van der Waals surface area contributed by atoms with Gasteiger partial charge in [0.05, 0.1) is 11.5 Å². The first-order chi connectivity index (χ1) is 10.5. The van der Waals surface area contributed by atoms with Crippen molar-refractivity contribution in [2.45, 2.75) is 12.8 Å². The molecular formula is C17H16N2O3. The monoisotopic (exact) mass is 296 g/mol. The largest absolute Gasteiger partial charge is 0.481 e. The summed E-state index contributed by atoms with van der Waals surface area (Å²) in [4.78, 5) is 23.4. The quantitative estimate of drug-likeness (QED) is 0.855. The van der Waals surface area contributed by atoms with Gasteiger partial charge in [-0.2, -0.15) is 0 Å². The lowest BCUT2D eigenvalue weighted by molar-refractivity contribution is -0.138. The molecule has 5 nitrogen and oxygen atoms in total. The number of para-hydroxylation sites is 1. The molecule has 1 aromatic carbocycles. The van der Waals surface area contributed by atoms with Gasteiger partial charge in [0.15, 0.2) is 0 Å². The van der Waals surface area contributed by atoms with E-state index >= 15 is 0 Å². The van der Waals surface area contributed by atoms with Crippen molar-refractivity contribution in [3.05, 3.63) is 53.3 Å². The number of aromatic nitrogens is 1. The molecule has 0 aliphatic carbocycles. The molecular weight excluding hydrogens is 280 g/mol. The van der Waals surface area contributed by atoms with E-state index in [2.05, 4.69) is 5.32 Å². The summed E-state index contributed by atoms with van der Waals surface area (Å²) < 4.78 is 1.83. The van der Waals surface area contributed by atoms with Crippen LogP contribution in [0.2, 0.25) is 0 Å². The standard InChI is InChI=1S/C17H16N2O3/c1-10(17(21)22)11-7-8-19(2)15(11)9-13-12-5-3-4-6-14(12)18-16(13)20/h3-10H,1-2H3,(H,18,20)(H,21,22). The van der Waals surface area contributed by atoms with Crippen LogP contribution in [0, 0.1) is 0 Å². The Hall–Kier alpha value is -2.82. The SMILES string of the molecule is CC(C(=O)O)c1ccn(C)c1C=C1C(=O)Nc2ccccc21. The summed E-state index contributed by atoms with van der Waals surface area (Å²) in [5.41, 5.74) is 3.59. The highest BCUT2D eigenvalue weighted by Crippen LogP contribution is 2.34. The molecule has 2 N–H and O–H groups in total. The van der Waals surface area contributed by atoms with Gasteiger partial charge in [0.2, 0.25) is 0 Å². The number of nitrogens with one attached hydrogen (secondary N) is 1. The van der Waals surface area contributed by atoms with Crippen molar-refractivity contribution in [1.82, 2.24) is 4.57 Å². The highest BCUT2D eigenvalue weighted by atomic mass is 16.4. The van der Waals surface area contributed by atoms with E-state index in [1.807, 2.05) is 35.9 Å². The molecule has 1 amide bonds. The molecule has 1 aromatic heterocycles. The Morgan fingerprint density at radius 2 is 2.05 bits per heavy atom. The Balaban J connectivity index is 2.12. The summed E-state index contributed by atoms with van der Waals surface area (Å²) in [5, 5.41) is 12.0. The van der Waals surface area contributed by atoms with Crippen LogP contribution in [0.15, 0.2) is 36.5 Å². The second-order valence-corrected chi connectivity index (χ2v) is 5.38. The van der Waals surface area contributed by atoms with Crippen LogP contribution in [0.25, 0.3) is 11.6 Å². The molecule has 0 radical (unpaired) electrons. The minimum absolute atomic E-state index is 0.170. The summed E-state index contributed by atoms with van der Waals surface area (Å²) in [6, 6.07) is 9.24. The van der Waals surface area contributed by atoms with Crippen molar-refractivity contribution < 1.29 is 14.7 Å². The Morgan fingerprint density at radius 3 is 2.77 bits per heavy atom. The van der Waals surface area contributed by atoms with Crippen molar-refractivity contribution >= 4 is 29.2 Å². The van der Waals surface area contributed by atoms with Crippen LogP contribution in [0.4, 0.5) is 5.69 Å². The van der Waals surface area contributed by atoms with E-state index in [1.165, 1.54) is 0 Å². The Morgan fingerprint density at radius 1 is 1.32 bits per heavy atom. The molecule has 1 aliphatic heterocycles. The summed E-state index contributed by atoms with van der Waals surface area (Å²) in [5.74, 6) is -1.69. The van der Waals surface area contributed by atoms with E-state index in [4.69, 9.17) is 0 Å². The molecule has 1 unspecified atom stereocenters. The van der Waals surface area contributed by atoms with E-state index in [0.717, 1.165) is 16.9 Å².